The minimum Gasteiger partial charge on any atom is -0.354 e. The summed E-state index contributed by atoms with van der Waals surface area (Å²) in [6, 6.07) is 11.1. The average Bonchev–Trinajstić information content (AvgIpc) is 2.95. The molecule has 0 radical (unpaired) electrons. The number of nitrogens with zero attached hydrogens (tertiary/aromatic N) is 2. The van der Waals surface area contributed by atoms with Crippen molar-refractivity contribution < 1.29 is 13.2 Å². The molecule has 0 bridgehead atoms. The number of rotatable bonds is 4. The zero-order valence-corrected chi connectivity index (χ0v) is 14.2. The molecule has 1 N–H and O–H groups in total. The Bertz CT molecular complexity index is 837. The highest BCUT2D eigenvalue weighted by Gasteiger charge is 2.33. The molecule has 1 aromatic carbocycles. The van der Waals surface area contributed by atoms with Crippen molar-refractivity contribution in [1.82, 2.24) is 9.88 Å². The maximum absolute atomic E-state index is 12.6. The molecule has 1 amide bonds. The van der Waals surface area contributed by atoms with Crippen molar-refractivity contribution in [3.05, 3.63) is 54.4 Å². The van der Waals surface area contributed by atoms with Gasteiger partial charge in [-0.15, -0.1) is 0 Å². The fourth-order valence-corrected chi connectivity index (χ4v) is 4.54. The Morgan fingerprint density at radius 2 is 1.96 bits per heavy atom. The van der Waals surface area contributed by atoms with Crippen LogP contribution in [0.3, 0.4) is 0 Å². The lowest BCUT2D eigenvalue weighted by atomic mass is 10.2. The van der Waals surface area contributed by atoms with Crippen LogP contribution in [0, 0.1) is 0 Å². The summed E-state index contributed by atoms with van der Waals surface area (Å²) in [4.78, 5) is 18.2. The zero-order chi connectivity index (χ0) is 17.2. The molecule has 1 aromatic heterocycles. The molecular weight excluding hydrogens is 326 g/mol. The fraction of sp³-hybridized carbons (Fsp3) is 0.294. The van der Waals surface area contributed by atoms with Crippen molar-refractivity contribution in [3.8, 4) is 0 Å². The van der Waals surface area contributed by atoms with Crippen molar-refractivity contribution in [2.45, 2.75) is 12.5 Å². The van der Waals surface area contributed by atoms with E-state index in [0.29, 0.717) is 17.7 Å². The van der Waals surface area contributed by atoms with Crippen molar-refractivity contribution in [2.75, 3.05) is 23.9 Å². The highest BCUT2D eigenvalue weighted by Crippen LogP contribution is 2.20. The van der Waals surface area contributed by atoms with E-state index in [-0.39, 0.29) is 23.5 Å². The predicted octanol–water partition coefficient (Wildman–Crippen LogP) is 2.08. The molecule has 1 aliphatic heterocycles. The lowest BCUT2D eigenvalue weighted by Gasteiger charge is -2.23. The number of anilines is 2. The summed E-state index contributed by atoms with van der Waals surface area (Å²) in [6.45, 7) is 0. The largest absolute Gasteiger partial charge is 0.354 e. The van der Waals surface area contributed by atoms with Crippen LogP contribution in [-0.4, -0.2) is 48.8 Å². The van der Waals surface area contributed by atoms with Crippen LogP contribution in [0.25, 0.3) is 0 Å². The molecule has 0 saturated carbocycles. The topological polar surface area (TPSA) is 79.4 Å². The molecule has 1 unspecified atom stereocenters. The first kappa shape index (κ1) is 16.4. The third-order valence-corrected chi connectivity index (χ3v) is 5.87. The highest BCUT2D eigenvalue weighted by molar-refractivity contribution is 7.91. The predicted molar refractivity (Wildman–Crippen MR) is 93.1 cm³/mol. The van der Waals surface area contributed by atoms with Gasteiger partial charge in [-0.1, -0.05) is 18.2 Å². The summed E-state index contributed by atoms with van der Waals surface area (Å²) >= 11 is 0. The van der Waals surface area contributed by atoms with Gasteiger partial charge in [0.25, 0.3) is 5.91 Å². The first-order valence-electron chi connectivity index (χ1n) is 7.69. The second kappa shape index (κ2) is 6.60. The van der Waals surface area contributed by atoms with Crippen LogP contribution in [0.5, 0.6) is 0 Å². The normalized spacial score (nSPS) is 19.0. The number of benzene rings is 1. The van der Waals surface area contributed by atoms with E-state index in [9.17, 15) is 13.2 Å². The summed E-state index contributed by atoms with van der Waals surface area (Å²) < 4.78 is 23.2. The van der Waals surface area contributed by atoms with Crippen LogP contribution in [-0.2, 0) is 9.84 Å². The number of carbonyl (C=O) groups is 1. The number of hydrogen-bond acceptors (Lipinski definition) is 5. The summed E-state index contributed by atoms with van der Waals surface area (Å²) in [7, 11) is -1.38. The minimum atomic E-state index is -3.03. The maximum Gasteiger partial charge on any atom is 0.255 e. The molecule has 2 heterocycles. The zero-order valence-electron chi connectivity index (χ0n) is 13.3. The Morgan fingerprint density at radius 1 is 1.21 bits per heavy atom. The van der Waals surface area contributed by atoms with Gasteiger partial charge in [0.15, 0.2) is 9.84 Å². The van der Waals surface area contributed by atoms with E-state index in [4.69, 9.17) is 0 Å². The van der Waals surface area contributed by atoms with E-state index in [1.807, 2.05) is 30.3 Å². The second-order valence-corrected chi connectivity index (χ2v) is 8.15. The van der Waals surface area contributed by atoms with Gasteiger partial charge >= 0.3 is 0 Å². The quantitative estimate of drug-likeness (QED) is 0.918. The Morgan fingerprint density at radius 3 is 2.62 bits per heavy atom. The van der Waals surface area contributed by atoms with Gasteiger partial charge in [0.05, 0.1) is 29.0 Å². The van der Waals surface area contributed by atoms with E-state index < -0.39 is 9.84 Å². The van der Waals surface area contributed by atoms with Crippen LogP contribution in [0.2, 0.25) is 0 Å². The van der Waals surface area contributed by atoms with E-state index in [1.165, 1.54) is 11.1 Å². The van der Waals surface area contributed by atoms with Gasteiger partial charge in [-0.2, -0.15) is 0 Å². The number of pyridine rings is 1. The number of amides is 1. The molecule has 0 aliphatic carbocycles. The summed E-state index contributed by atoms with van der Waals surface area (Å²) in [5.74, 6) is -0.0466. The van der Waals surface area contributed by atoms with Crippen LogP contribution in [0.15, 0.2) is 48.8 Å². The smallest absolute Gasteiger partial charge is 0.255 e. The molecule has 1 saturated heterocycles. The van der Waals surface area contributed by atoms with Crippen LogP contribution < -0.4 is 5.32 Å². The molecule has 1 atom stereocenters. The maximum atomic E-state index is 12.6. The van der Waals surface area contributed by atoms with Gasteiger partial charge in [0.1, 0.15) is 0 Å². The molecule has 126 valence electrons. The first-order valence-corrected chi connectivity index (χ1v) is 9.51. The third-order valence-electron chi connectivity index (χ3n) is 4.12. The van der Waals surface area contributed by atoms with Crippen molar-refractivity contribution in [3.63, 3.8) is 0 Å². The number of para-hydroxylation sites is 1. The van der Waals surface area contributed by atoms with E-state index in [2.05, 4.69) is 10.3 Å². The van der Waals surface area contributed by atoms with Crippen LogP contribution >= 0.6 is 0 Å². The Kier molecular flexibility index (Phi) is 4.53. The van der Waals surface area contributed by atoms with Crippen molar-refractivity contribution in [1.29, 1.82) is 0 Å². The monoisotopic (exact) mass is 345 g/mol. The molecular formula is C17H19N3O3S. The van der Waals surface area contributed by atoms with E-state index >= 15 is 0 Å². The lowest BCUT2D eigenvalue weighted by molar-refractivity contribution is 0.0747. The molecule has 0 spiro atoms. The Balaban J connectivity index is 1.74. The van der Waals surface area contributed by atoms with Crippen molar-refractivity contribution >= 4 is 27.1 Å². The Labute approximate surface area is 141 Å². The number of carbonyl (C=O) groups excluding carboxylic acids is 1. The molecule has 24 heavy (non-hydrogen) atoms. The molecule has 3 rings (SSSR count). The van der Waals surface area contributed by atoms with Crippen molar-refractivity contribution in [2.24, 2.45) is 0 Å². The van der Waals surface area contributed by atoms with Gasteiger partial charge in [0.2, 0.25) is 0 Å². The average molecular weight is 345 g/mol. The molecule has 2 aromatic rings. The molecule has 1 fully saturated rings. The second-order valence-electron chi connectivity index (χ2n) is 5.93. The van der Waals surface area contributed by atoms with Gasteiger partial charge in [-0.05, 0) is 24.6 Å². The fourth-order valence-electron chi connectivity index (χ4n) is 2.76. The van der Waals surface area contributed by atoms with E-state index in [0.717, 1.165) is 5.69 Å². The molecule has 7 heteroatoms. The van der Waals surface area contributed by atoms with Gasteiger partial charge in [-0.3, -0.25) is 9.78 Å². The minimum absolute atomic E-state index is 0.0324. The summed E-state index contributed by atoms with van der Waals surface area (Å²) in [5, 5.41) is 3.19. The number of sulfone groups is 1. The Hall–Kier alpha value is -2.41. The summed E-state index contributed by atoms with van der Waals surface area (Å²) in [6.07, 6.45) is 3.63. The SMILES string of the molecule is CN(C(=O)c1cncc(Nc2ccccc2)c1)C1CCS(=O)(=O)C1. The highest BCUT2D eigenvalue weighted by atomic mass is 32.2. The molecule has 6 nitrogen and oxygen atoms in total. The van der Waals surface area contributed by atoms with Gasteiger partial charge in [-0.25, -0.2) is 8.42 Å². The molecule has 1 aliphatic rings. The first-order chi connectivity index (χ1) is 11.4. The number of hydrogen-bond donors (Lipinski definition) is 1. The lowest BCUT2D eigenvalue weighted by Crippen LogP contribution is -2.37. The van der Waals surface area contributed by atoms with Gasteiger partial charge < -0.3 is 10.2 Å². The van der Waals surface area contributed by atoms with Crippen LogP contribution in [0.4, 0.5) is 11.4 Å². The van der Waals surface area contributed by atoms with Gasteiger partial charge in [0, 0.05) is 25.0 Å². The summed E-state index contributed by atoms with van der Waals surface area (Å²) in [5.41, 5.74) is 2.04. The van der Waals surface area contributed by atoms with E-state index in [1.54, 1.807) is 19.3 Å². The number of nitrogens with one attached hydrogen (secondary N) is 1. The standard InChI is InChI=1S/C17H19N3O3S/c1-20(16-7-8-24(22,23)12-16)17(21)13-9-15(11-18-10-13)19-14-5-3-2-4-6-14/h2-6,9-11,16,19H,7-8,12H2,1H3. The van der Waals surface area contributed by atoms with Crippen LogP contribution in [0.1, 0.15) is 16.8 Å². The number of aromatic nitrogens is 1. The third kappa shape index (κ3) is 3.73.